The minimum absolute atomic E-state index is 0.392. The Kier molecular flexibility index (Phi) is 5.33. The lowest BCUT2D eigenvalue weighted by atomic mass is 10.2. The Labute approximate surface area is 172 Å². The highest BCUT2D eigenvalue weighted by Crippen LogP contribution is 2.36. The smallest absolute Gasteiger partial charge is 0.324 e. The highest BCUT2D eigenvalue weighted by Gasteiger charge is 2.11. The summed E-state index contributed by atoms with van der Waals surface area (Å²) in [6.07, 6.45) is 4.73. The van der Waals surface area contributed by atoms with Crippen LogP contribution in [0.15, 0.2) is 61.2 Å². The van der Waals surface area contributed by atoms with Crippen molar-refractivity contribution in [3.63, 3.8) is 0 Å². The van der Waals surface area contributed by atoms with Crippen molar-refractivity contribution in [1.29, 1.82) is 0 Å². The molecule has 0 spiro atoms. The van der Waals surface area contributed by atoms with Crippen molar-refractivity contribution in [1.82, 2.24) is 15.0 Å². The molecule has 0 aliphatic heterocycles. The molecule has 0 atom stereocenters. The number of nitrogens with one attached hydrogen (secondary N) is 3. The lowest BCUT2D eigenvalue weighted by Gasteiger charge is -2.12. The Hall–Kier alpha value is -4.27. The van der Waals surface area contributed by atoms with E-state index in [-0.39, 0.29) is 0 Å². The molecule has 4 rings (SSSR count). The second-order valence-corrected chi connectivity index (χ2v) is 6.19. The third-order valence-electron chi connectivity index (χ3n) is 4.29. The third kappa shape index (κ3) is 4.09. The molecule has 2 amide bonds. The normalized spacial score (nSPS) is 10.5. The number of methoxy groups -OCH3 is 2. The molecule has 0 aliphatic carbocycles. The molecule has 0 saturated heterocycles. The number of aromatic nitrogens is 3. The van der Waals surface area contributed by atoms with Gasteiger partial charge in [-0.2, -0.15) is 0 Å². The summed E-state index contributed by atoms with van der Waals surface area (Å²) in [5.41, 5.74) is 1.33. The Morgan fingerprint density at radius 1 is 0.933 bits per heavy atom. The Morgan fingerprint density at radius 3 is 2.40 bits per heavy atom. The number of ether oxygens (including phenoxy) is 3. The molecule has 0 radical (unpaired) electrons. The average molecular weight is 405 g/mol. The highest BCUT2D eigenvalue weighted by atomic mass is 16.5. The number of amides is 2. The number of hydrogen-bond donors (Lipinski definition) is 3. The van der Waals surface area contributed by atoms with Gasteiger partial charge < -0.3 is 24.5 Å². The van der Waals surface area contributed by atoms with Crippen LogP contribution in [0.3, 0.4) is 0 Å². The first-order chi connectivity index (χ1) is 14.7. The number of carbonyl (C=O) groups is 1. The molecule has 0 aliphatic rings. The highest BCUT2D eigenvalue weighted by molar-refractivity contribution is 5.99. The first-order valence-electron chi connectivity index (χ1n) is 9.01. The maximum Gasteiger partial charge on any atom is 0.324 e. The Bertz CT molecular complexity index is 1160. The van der Waals surface area contributed by atoms with Crippen LogP contribution in [-0.4, -0.2) is 35.2 Å². The number of nitrogens with zero attached hydrogens (tertiary/aromatic N) is 2. The number of anilines is 2. The number of hydrogen-bond acceptors (Lipinski definition) is 6. The average Bonchev–Trinajstić information content (AvgIpc) is 3.27. The fraction of sp³-hybridized carbons (Fsp3) is 0.0952. The second-order valence-electron chi connectivity index (χ2n) is 6.19. The number of pyridine rings is 1. The zero-order chi connectivity index (χ0) is 20.9. The van der Waals surface area contributed by atoms with Crippen molar-refractivity contribution in [2.45, 2.75) is 0 Å². The molecule has 152 valence electrons. The van der Waals surface area contributed by atoms with Gasteiger partial charge in [0.15, 0.2) is 17.3 Å². The van der Waals surface area contributed by atoms with E-state index in [4.69, 9.17) is 14.2 Å². The SMILES string of the molecule is COc1cc2nccc(Oc3ccc(NC(=O)Nc4c[nH]cn4)cc3)c2cc1OC. The Morgan fingerprint density at radius 2 is 1.70 bits per heavy atom. The van der Waals surface area contributed by atoms with Gasteiger partial charge >= 0.3 is 6.03 Å². The molecule has 0 fully saturated rings. The van der Waals surface area contributed by atoms with Crippen molar-refractivity contribution in [3.05, 3.63) is 61.2 Å². The summed E-state index contributed by atoms with van der Waals surface area (Å²) >= 11 is 0. The van der Waals surface area contributed by atoms with Gasteiger partial charge in [-0.05, 0) is 36.4 Å². The van der Waals surface area contributed by atoms with Gasteiger partial charge in [-0.25, -0.2) is 9.78 Å². The van der Waals surface area contributed by atoms with Gasteiger partial charge in [-0.1, -0.05) is 0 Å². The number of carbonyl (C=O) groups excluding carboxylic acids is 1. The molecule has 3 N–H and O–H groups in total. The van der Waals surface area contributed by atoms with E-state index in [1.807, 2.05) is 6.07 Å². The van der Waals surface area contributed by atoms with Gasteiger partial charge in [0.05, 0.1) is 26.1 Å². The van der Waals surface area contributed by atoms with Crippen molar-refractivity contribution in [2.24, 2.45) is 0 Å². The largest absolute Gasteiger partial charge is 0.493 e. The van der Waals surface area contributed by atoms with E-state index in [0.717, 1.165) is 10.9 Å². The van der Waals surface area contributed by atoms with Gasteiger partial charge in [-0.3, -0.25) is 10.3 Å². The molecule has 0 unspecified atom stereocenters. The maximum atomic E-state index is 12.0. The minimum atomic E-state index is -0.392. The molecule has 4 aromatic rings. The van der Waals surface area contributed by atoms with Crippen molar-refractivity contribution in [2.75, 3.05) is 24.9 Å². The lowest BCUT2D eigenvalue weighted by molar-refractivity contribution is 0.262. The predicted molar refractivity (Wildman–Crippen MR) is 113 cm³/mol. The van der Waals surface area contributed by atoms with Crippen LogP contribution in [0, 0.1) is 0 Å². The number of aromatic amines is 1. The van der Waals surface area contributed by atoms with Crippen LogP contribution >= 0.6 is 0 Å². The van der Waals surface area contributed by atoms with Crippen LogP contribution in [0.4, 0.5) is 16.3 Å². The number of urea groups is 1. The number of benzene rings is 2. The number of fused-ring (bicyclic) bond motifs is 1. The van der Waals surface area contributed by atoms with Crippen LogP contribution < -0.4 is 24.8 Å². The van der Waals surface area contributed by atoms with Crippen LogP contribution in [-0.2, 0) is 0 Å². The maximum absolute atomic E-state index is 12.0. The van der Waals surface area contributed by atoms with Crippen LogP contribution in [0.25, 0.3) is 10.9 Å². The molecule has 0 saturated carbocycles. The van der Waals surface area contributed by atoms with Gasteiger partial charge in [0.2, 0.25) is 0 Å². The molecular weight excluding hydrogens is 386 g/mol. The summed E-state index contributed by atoms with van der Waals surface area (Å²) in [7, 11) is 3.16. The topological polar surface area (TPSA) is 110 Å². The van der Waals surface area contributed by atoms with Gasteiger partial charge in [-0.15, -0.1) is 0 Å². The zero-order valence-electron chi connectivity index (χ0n) is 16.3. The molecule has 2 heterocycles. The van der Waals surface area contributed by atoms with Crippen molar-refractivity contribution >= 4 is 28.4 Å². The monoisotopic (exact) mass is 405 g/mol. The predicted octanol–water partition coefficient (Wildman–Crippen LogP) is 4.41. The molecule has 2 aromatic heterocycles. The van der Waals surface area contributed by atoms with Gasteiger partial charge in [0, 0.05) is 29.5 Å². The fourth-order valence-electron chi connectivity index (χ4n) is 2.88. The van der Waals surface area contributed by atoms with Gasteiger partial charge in [0.1, 0.15) is 11.5 Å². The summed E-state index contributed by atoms with van der Waals surface area (Å²) in [6, 6.07) is 12.0. The number of imidazole rings is 1. The van der Waals surface area contributed by atoms with Gasteiger partial charge in [0.25, 0.3) is 0 Å². The number of H-pyrrole nitrogens is 1. The molecule has 0 bridgehead atoms. The molecule has 30 heavy (non-hydrogen) atoms. The van der Waals surface area contributed by atoms with Crippen LogP contribution in [0.2, 0.25) is 0 Å². The van der Waals surface area contributed by atoms with Crippen LogP contribution in [0.1, 0.15) is 0 Å². The van der Waals surface area contributed by atoms with Crippen molar-refractivity contribution < 1.29 is 19.0 Å². The summed E-state index contributed by atoms with van der Waals surface area (Å²) < 4.78 is 16.7. The zero-order valence-corrected chi connectivity index (χ0v) is 16.3. The summed E-state index contributed by atoms with van der Waals surface area (Å²) in [6.45, 7) is 0. The molecule has 2 aromatic carbocycles. The summed E-state index contributed by atoms with van der Waals surface area (Å²) in [4.78, 5) is 23.0. The first kappa shape index (κ1) is 19.1. The summed E-state index contributed by atoms with van der Waals surface area (Å²) in [5.74, 6) is 2.85. The molecule has 9 nitrogen and oxygen atoms in total. The second kappa shape index (κ2) is 8.39. The molecule has 9 heteroatoms. The van der Waals surface area contributed by atoms with E-state index in [0.29, 0.717) is 34.5 Å². The van der Waals surface area contributed by atoms with Crippen molar-refractivity contribution in [3.8, 4) is 23.0 Å². The first-order valence-corrected chi connectivity index (χ1v) is 9.01. The van der Waals surface area contributed by atoms with E-state index in [1.54, 1.807) is 63.0 Å². The van der Waals surface area contributed by atoms with E-state index < -0.39 is 6.03 Å². The quantitative estimate of drug-likeness (QED) is 0.438. The van der Waals surface area contributed by atoms with E-state index in [1.165, 1.54) is 6.33 Å². The van der Waals surface area contributed by atoms with E-state index >= 15 is 0 Å². The molecular formula is C21H19N5O4. The third-order valence-corrected chi connectivity index (χ3v) is 4.29. The van der Waals surface area contributed by atoms with E-state index in [2.05, 4.69) is 25.6 Å². The lowest BCUT2D eigenvalue weighted by Crippen LogP contribution is -2.19. The van der Waals surface area contributed by atoms with E-state index in [9.17, 15) is 4.79 Å². The number of rotatable bonds is 6. The summed E-state index contributed by atoms with van der Waals surface area (Å²) in [5, 5.41) is 6.13. The fourth-order valence-corrected chi connectivity index (χ4v) is 2.88. The standard InChI is InChI=1S/C21H19N5O4/c1-28-18-9-15-16(10-19(18)29-2)23-8-7-17(15)30-14-5-3-13(4-6-14)25-21(27)26-20-11-22-12-24-20/h3-12H,1-2H3,(H,22,24)(H2,25,26,27). The Balaban J connectivity index is 1.50. The minimum Gasteiger partial charge on any atom is -0.493 e. The van der Waals surface area contributed by atoms with Crippen LogP contribution in [0.5, 0.6) is 23.0 Å².